The molecule has 3 amide bonds. The summed E-state index contributed by atoms with van der Waals surface area (Å²) >= 11 is 0. The van der Waals surface area contributed by atoms with E-state index in [2.05, 4.69) is 41.6 Å². The fraction of sp³-hybridized carbons (Fsp3) is 0.588. The molecule has 0 fully saturated rings. The number of methoxy groups -OCH3 is 1. The summed E-state index contributed by atoms with van der Waals surface area (Å²) in [7, 11) is 3.73. The van der Waals surface area contributed by atoms with Gasteiger partial charge in [-0.2, -0.15) is 0 Å². The molecule has 10 heteroatoms. The Balaban J connectivity index is 1.88. The number of hydrogen-bond acceptors (Lipinski definition) is 7. The number of fused-ring (bicyclic) bond motifs is 1. The summed E-state index contributed by atoms with van der Waals surface area (Å²) < 4.78 is 18.1. The molecule has 0 spiro atoms. The zero-order chi connectivity index (χ0) is 32.2. The second-order valence-electron chi connectivity index (χ2n) is 12.3. The molecule has 44 heavy (non-hydrogen) atoms. The summed E-state index contributed by atoms with van der Waals surface area (Å²) in [6.45, 7) is 11.9. The molecule has 4 atom stereocenters. The molecule has 2 aromatic carbocycles. The molecule has 1 aliphatic rings. The number of nitrogens with one attached hydrogen (secondary N) is 2. The smallest absolute Gasteiger partial charge is 0.319 e. The molecule has 0 unspecified atom stereocenters. The third-order valence-corrected chi connectivity index (χ3v) is 7.83. The van der Waals surface area contributed by atoms with Gasteiger partial charge in [0, 0.05) is 43.9 Å². The van der Waals surface area contributed by atoms with Crippen molar-refractivity contribution in [2.24, 2.45) is 5.92 Å². The number of rotatable bonds is 9. The van der Waals surface area contributed by atoms with Crippen LogP contribution in [0, 0.1) is 5.92 Å². The second kappa shape index (κ2) is 17.2. The van der Waals surface area contributed by atoms with Crippen LogP contribution in [0.1, 0.15) is 69.8 Å². The average Bonchev–Trinajstić information content (AvgIpc) is 2.98. The molecule has 0 saturated heterocycles. The number of carbonyl (C=O) groups is 2. The van der Waals surface area contributed by atoms with Crippen molar-refractivity contribution in [2.75, 3.05) is 45.8 Å². The van der Waals surface area contributed by atoms with E-state index < -0.39 is 6.04 Å². The topological polar surface area (TPSA) is 113 Å². The van der Waals surface area contributed by atoms with Crippen LogP contribution in [-0.2, 0) is 11.3 Å². The number of aliphatic hydroxyl groups excluding tert-OH is 1. The molecule has 10 nitrogen and oxygen atoms in total. The highest BCUT2D eigenvalue weighted by Gasteiger charge is 2.30. The third-order valence-electron chi connectivity index (χ3n) is 7.83. The minimum atomic E-state index is -0.443. The van der Waals surface area contributed by atoms with Crippen molar-refractivity contribution in [1.29, 1.82) is 0 Å². The lowest BCUT2D eigenvalue weighted by Crippen LogP contribution is -2.47. The van der Waals surface area contributed by atoms with Crippen molar-refractivity contribution in [1.82, 2.24) is 15.1 Å². The van der Waals surface area contributed by atoms with Gasteiger partial charge in [-0.05, 0) is 89.9 Å². The molecular weight excluding hydrogens is 560 g/mol. The molecule has 0 radical (unpaired) electrons. The lowest BCUT2D eigenvalue weighted by Gasteiger charge is -2.36. The first-order chi connectivity index (χ1) is 21.0. The van der Waals surface area contributed by atoms with Gasteiger partial charge in [0.05, 0.1) is 37.5 Å². The largest absolute Gasteiger partial charge is 0.497 e. The van der Waals surface area contributed by atoms with Crippen LogP contribution in [0.5, 0.6) is 11.5 Å². The molecule has 1 aliphatic heterocycles. The first kappa shape index (κ1) is 35.1. The maximum Gasteiger partial charge on any atom is 0.319 e. The zero-order valence-corrected chi connectivity index (χ0v) is 27.5. The van der Waals surface area contributed by atoms with E-state index in [9.17, 15) is 14.7 Å². The highest BCUT2D eigenvalue weighted by molar-refractivity contribution is 5.99. The molecule has 0 aliphatic carbocycles. The summed E-state index contributed by atoms with van der Waals surface area (Å²) in [6.07, 6.45) is 2.37. The highest BCUT2D eigenvalue weighted by atomic mass is 16.5. The van der Waals surface area contributed by atoms with Crippen molar-refractivity contribution in [3.63, 3.8) is 0 Å². The standard InChI is InChI=1S/C34H52N4O6/c1-23(2)35-34(41)36-28-13-16-31-30(18-28)33(40)38(25(4)22-39)19-24(3)32(43-17-9-8-10-26(5)44-31)21-37(6)20-27-11-14-29(42-7)15-12-27/h11-16,18,23-26,32,39H,8-10,17,19-22H2,1-7H3,(H2,35,36,41)/t24-,25-,26+,32+/m0/s1. The Kier molecular flexibility index (Phi) is 13.8. The van der Waals surface area contributed by atoms with Gasteiger partial charge in [-0.25, -0.2) is 4.79 Å². The van der Waals surface area contributed by atoms with E-state index in [4.69, 9.17) is 14.2 Å². The van der Waals surface area contributed by atoms with Crippen molar-refractivity contribution < 1.29 is 28.9 Å². The number of likely N-dealkylation sites (N-methyl/N-ethyl adjacent to an activating group) is 1. The first-order valence-corrected chi connectivity index (χ1v) is 15.7. The molecule has 244 valence electrons. The normalized spacial score (nSPS) is 20.8. The Morgan fingerprint density at radius 1 is 1.14 bits per heavy atom. The van der Waals surface area contributed by atoms with Gasteiger partial charge in [0.2, 0.25) is 0 Å². The van der Waals surface area contributed by atoms with Crippen molar-refractivity contribution >= 4 is 17.6 Å². The van der Waals surface area contributed by atoms with E-state index in [0.29, 0.717) is 36.7 Å². The molecular formula is C34H52N4O6. The Labute approximate surface area is 263 Å². The number of urea groups is 1. The van der Waals surface area contributed by atoms with Crippen LogP contribution >= 0.6 is 0 Å². The summed E-state index contributed by atoms with van der Waals surface area (Å²) in [5.74, 6) is 0.987. The van der Waals surface area contributed by atoms with E-state index in [-0.39, 0.29) is 42.7 Å². The maximum absolute atomic E-state index is 14.2. The average molecular weight is 613 g/mol. The van der Waals surface area contributed by atoms with Crippen molar-refractivity contribution in [2.45, 2.75) is 84.7 Å². The number of aliphatic hydroxyl groups is 1. The van der Waals surface area contributed by atoms with E-state index >= 15 is 0 Å². The van der Waals surface area contributed by atoms with Gasteiger partial charge in [-0.1, -0.05) is 19.1 Å². The van der Waals surface area contributed by atoms with Crippen LogP contribution in [-0.4, -0.2) is 91.6 Å². The number of nitrogens with zero attached hydrogens (tertiary/aromatic N) is 2. The van der Waals surface area contributed by atoms with Gasteiger partial charge < -0.3 is 34.9 Å². The van der Waals surface area contributed by atoms with Crippen LogP contribution in [0.3, 0.4) is 0 Å². The Bertz CT molecular complexity index is 1190. The summed E-state index contributed by atoms with van der Waals surface area (Å²) in [4.78, 5) is 30.6. The molecule has 0 aromatic heterocycles. The minimum absolute atomic E-state index is 0.0318. The second-order valence-corrected chi connectivity index (χ2v) is 12.3. The summed E-state index contributed by atoms with van der Waals surface area (Å²) in [5.41, 5.74) is 2.00. The number of benzene rings is 2. The van der Waals surface area contributed by atoms with Gasteiger partial charge in [-0.15, -0.1) is 0 Å². The van der Waals surface area contributed by atoms with Crippen LogP contribution in [0.4, 0.5) is 10.5 Å². The van der Waals surface area contributed by atoms with E-state index in [0.717, 1.165) is 31.6 Å². The lowest BCUT2D eigenvalue weighted by molar-refractivity contribution is -0.0177. The molecule has 3 N–H and O–H groups in total. The minimum Gasteiger partial charge on any atom is -0.497 e. The molecule has 3 rings (SSSR count). The third kappa shape index (κ3) is 10.7. The number of ether oxygens (including phenoxy) is 3. The fourth-order valence-electron chi connectivity index (χ4n) is 5.31. The quantitative estimate of drug-likeness (QED) is 0.359. The molecule has 0 saturated carbocycles. The Morgan fingerprint density at radius 2 is 1.86 bits per heavy atom. The van der Waals surface area contributed by atoms with E-state index in [1.54, 1.807) is 30.2 Å². The number of amides is 3. The number of carbonyl (C=O) groups excluding carboxylic acids is 2. The molecule has 0 bridgehead atoms. The predicted molar refractivity (Wildman–Crippen MR) is 173 cm³/mol. The van der Waals surface area contributed by atoms with Crippen LogP contribution < -0.4 is 20.1 Å². The Hall–Kier alpha value is -3.34. The van der Waals surface area contributed by atoms with Crippen LogP contribution in [0.15, 0.2) is 42.5 Å². The SMILES string of the molecule is COc1ccc(CN(C)C[C@H]2OCCCC[C@@H](C)Oc3ccc(NC(=O)NC(C)C)cc3C(=O)N([C@@H](C)CO)C[C@@H]2C)cc1. The summed E-state index contributed by atoms with van der Waals surface area (Å²) in [5, 5.41) is 15.8. The zero-order valence-electron chi connectivity index (χ0n) is 27.5. The monoisotopic (exact) mass is 612 g/mol. The van der Waals surface area contributed by atoms with Gasteiger partial charge in [-0.3, -0.25) is 9.69 Å². The van der Waals surface area contributed by atoms with Gasteiger partial charge in [0.15, 0.2) is 0 Å². The van der Waals surface area contributed by atoms with Crippen LogP contribution in [0.25, 0.3) is 0 Å². The van der Waals surface area contributed by atoms with Gasteiger partial charge >= 0.3 is 6.03 Å². The molecule has 2 aromatic rings. The summed E-state index contributed by atoms with van der Waals surface area (Å²) in [6, 6.07) is 12.4. The van der Waals surface area contributed by atoms with E-state index in [1.165, 1.54) is 5.56 Å². The Morgan fingerprint density at radius 3 is 2.52 bits per heavy atom. The fourth-order valence-corrected chi connectivity index (χ4v) is 5.31. The van der Waals surface area contributed by atoms with Gasteiger partial charge in [0.1, 0.15) is 11.5 Å². The maximum atomic E-state index is 14.2. The van der Waals surface area contributed by atoms with Crippen LogP contribution in [0.2, 0.25) is 0 Å². The number of anilines is 1. The lowest BCUT2D eigenvalue weighted by atomic mass is 10.0. The van der Waals surface area contributed by atoms with Gasteiger partial charge in [0.25, 0.3) is 5.91 Å². The predicted octanol–water partition coefficient (Wildman–Crippen LogP) is 5.15. The molecule has 1 heterocycles. The first-order valence-electron chi connectivity index (χ1n) is 15.7. The van der Waals surface area contributed by atoms with Crippen molar-refractivity contribution in [3.8, 4) is 11.5 Å². The van der Waals surface area contributed by atoms with Crippen molar-refractivity contribution in [3.05, 3.63) is 53.6 Å². The van der Waals surface area contributed by atoms with E-state index in [1.807, 2.05) is 39.8 Å². The number of hydrogen-bond donors (Lipinski definition) is 3. The highest BCUT2D eigenvalue weighted by Crippen LogP contribution is 2.28.